The van der Waals surface area contributed by atoms with Crippen LogP contribution in [0.5, 0.6) is 5.75 Å². The fourth-order valence-electron chi connectivity index (χ4n) is 0.989. The van der Waals surface area contributed by atoms with Crippen LogP contribution in [0.15, 0.2) is 24.3 Å². The van der Waals surface area contributed by atoms with Gasteiger partial charge in [0.15, 0.2) is 6.71 Å². The Morgan fingerprint density at radius 1 is 1.09 bits per heavy atom. The molecule has 0 spiro atoms. The molecule has 0 aliphatic rings. The van der Waals surface area contributed by atoms with Crippen LogP contribution in [-0.4, -0.2) is 13.8 Å². The van der Waals surface area contributed by atoms with Crippen molar-refractivity contribution >= 4 is 12.2 Å². The predicted octanol–water partition coefficient (Wildman–Crippen LogP) is 1.66. The van der Waals surface area contributed by atoms with Gasteiger partial charge < -0.3 is 4.74 Å². The lowest BCUT2D eigenvalue weighted by Crippen LogP contribution is -2.21. The van der Waals surface area contributed by atoms with Gasteiger partial charge in [-0.3, -0.25) is 0 Å². The first-order valence-electron chi connectivity index (χ1n) is 3.88. The number of ether oxygens (including phenoxy) is 1. The molecular weight excluding hydrogens is 135 g/mol. The van der Waals surface area contributed by atoms with Crippen LogP contribution in [0.1, 0.15) is 0 Å². The molecule has 0 heterocycles. The third-order valence-electron chi connectivity index (χ3n) is 1.78. The molecule has 0 aromatic heterocycles. The van der Waals surface area contributed by atoms with E-state index in [4.69, 9.17) is 4.74 Å². The molecule has 0 saturated carbocycles. The summed E-state index contributed by atoms with van der Waals surface area (Å²) in [7, 11) is 1.68. The Balaban J connectivity index is 2.83. The highest BCUT2D eigenvalue weighted by molar-refractivity contribution is 6.70. The van der Waals surface area contributed by atoms with Crippen molar-refractivity contribution in [1.29, 1.82) is 0 Å². The first kappa shape index (κ1) is 8.18. The Morgan fingerprint density at radius 3 is 2.00 bits per heavy atom. The minimum atomic E-state index is 0.598. The van der Waals surface area contributed by atoms with E-state index in [9.17, 15) is 0 Å². The van der Waals surface area contributed by atoms with Gasteiger partial charge in [-0.1, -0.05) is 31.2 Å². The lowest BCUT2D eigenvalue weighted by atomic mass is 9.49. The zero-order chi connectivity index (χ0) is 8.27. The van der Waals surface area contributed by atoms with Crippen molar-refractivity contribution in [2.75, 3.05) is 7.11 Å². The summed E-state index contributed by atoms with van der Waals surface area (Å²) in [6, 6.07) is 8.19. The zero-order valence-corrected chi connectivity index (χ0v) is 7.29. The Kier molecular flexibility index (Phi) is 2.58. The third kappa shape index (κ3) is 2.00. The molecule has 1 aromatic rings. The Morgan fingerprint density at radius 2 is 1.64 bits per heavy atom. The summed E-state index contributed by atoms with van der Waals surface area (Å²) < 4.78 is 5.05. The molecule has 0 N–H and O–H groups in total. The summed E-state index contributed by atoms with van der Waals surface area (Å²) in [4.78, 5) is 0. The van der Waals surface area contributed by atoms with Gasteiger partial charge in [0, 0.05) is 0 Å². The standard InChI is InChI=1S/C9H13BO/c1-10(2)8-4-6-9(11-3)7-5-8/h4-7H,1-3H3. The number of hydrogen-bond donors (Lipinski definition) is 0. The van der Waals surface area contributed by atoms with Crippen molar-refractivity contribution in [1.82, 2.24) is 0 Å². The minimum absolute atomic E-state index is 0.598. The number of benzene rings is 1. The maximum Gasteiger partial charge on any atom is 0.169 e. The fraction of sp³-hybridized carbons (Fsp3) is 0.333. The molecule has 1 aromatic carbocycles. The maximum absolute atomic E-state index is 5.05. The summed E-state index contributed by atoms with van der Waals surface area (Å²) in [6.07, 6.45) is 0. The largest absolute Gasteiger partial charge is 0.497 e. The molecule has 1 nitrogen and oxygen atoms in total. The quantitative estimate of drug-likeness (QED) is 0.579. The lowest BCUT2D eigenvalue weighted by molar-refractivity contribution is 0.415. The van der Waals surface area contributed by atoms with Gasteiger partial charge in [0.2, 0.25) is 0 Å². The molecule has 0 bridgehead atoms. The van der Waals surface area contributed by atoms with Crippen LogP contribution in [0.2, 0.25) is 13.6 Å². The maximum atomic E-state index is 5.05. The molecule has 0 unspecified atom stereocenters. The molecule has 0 fully saturated rings. The van der Waals surface area contributed by atoms with E-state index in [0.29, 0.717) is 6.71 Å². The molecule has 0 radical (unpaired) electrons. The number of rotatable bonds is 2. The highest BCUT2D eigenvalue weighted by Crippen LogP contribution is 2.05. The van der Waals surface area contributed by atoms with E-state index in [1.165, 1.54) is 5.46 Å². The molecule has 0 amide bonds. The first-order valence-corrected chi connectivity index (χ1v) is 3.88. The van der Waals surface area contributed by atoms with E-state index >= 15 is 0 Å². The Hall–Kier alpha value is -0.915. The SMILES string of the molecule is COc1ccc(B(C)C)cc1. The van der Waals surface area contributed by atoms with Crippen molar-refractivity contribution in [3.8, 4) is 5.75 Å². The van der Waals surface area contributed by atoms with Crippen LogP contribution < -0.4 is 10.2 Å². The number of methoxy groups -OCH3 is 1. The summed E-state index contributed by atoms with van der Waals surface area (Å²) in [5.41, 5.74) is 1.35. The van der Waals surface area contributed by atoms with Crippen molar-refractivity contribution in [3.63, 3.8) is 0 Å². The predicted molar refractivity (Wildman–Crippen MR) is 50.1 cm³/mol. The lowest BCUT2D eigenvalue weighted by Gasteiger charge is -2.03. The van der Waals surface area contributed by atoms with Gasteiger partial charge in [-0.05, 0) is 12.1 Å². The zero-order valence-electron chi connectivity index (χ0n) is 7.29. The van der Waals surface area contributed by atoms with Crippen LogP contribution in [-0.2, 0) is 0 Å². The summed E-state index contributed by atoms with van der Waals surface area (Å²) in [6.45, 7) is 4.96. The van der Waals surface area contributed by atoms with Gasteiger partial charge in [0.25, 0.3) is 0 Å². The average molecular weight is 148 g/mol. The summed E-state index contributed by atoms with van der Waals surface area (Å²) >= 11 is 0. The molecule has 0 aliphatic carbocycles. The highest BCUT2D eigenvalue weighted by Gasteiger charge is 2.01. The molecule has 1 rings (SSSR count). The van der Waals surface area contributed by atoms with Gasteiger partial charge >= 0.3 is 0 Å². The first-order chi connectivity index (χ1) is 5.24. The van der Waals surface area contributed by atoms with Gasteiger partial charge in [-0.15, -0.1) is 0 Å². The second-order valence-electron chi connectivity index (χ2n) is 2.93. The van der Waals surface area contributed by atoms with Crippen molar-refractivity contribution in [2.45, 2.75) is 13.6 Å². The normalized spacial score (nSPS) is 9.36. The van der Waals surface area contributed by atoms with Crippen LogP contribution in [0.4, 0.5) is 0 Å². The smallest absolute Gasteiger partial charge is 0.169 e. The molecule has 0 atom stereocenters. The number of hydrogen-bond acceptors (Lipinski definition) is 1. The molecule has 2 heteroatoms. The van der Waals surface area contributed by atoms with E-state index in [2.05, 4.69) is 25.8 Å². The second kappa shape index (κ2) is 3.47. The van der Waals surface area contributed by atoms with E-state index < -0.39 is 0 Å². The fourth-order valence-corrected chi connectivity index (χ4v) is 0.989. The van der Waals surface area contributed by atoms with Gasteiger partial charge in [-0.25, -0.2) is 0 Å². The van der Waals surface area contributed by atoms with Crippen LogP contribution in [0, 0.1) is 0 Å². The van der Waals surface area contributed by atoms with Crippen molar-refractivity contribution in [2.24, 2.45) is 0 Å². The second-order valence-corrected chi connectivity index (χ2v) is 2.93. The summed E-state index contributed by atoms with van der Waals surface area (Å²) in [5, 5.41) is 0. The molecule has 58 valence electrons. The molecular formula is C9H13BO. The van der Waals surface area contributed by atoms with E-state index in [1.54, 1.807) is 7.11 Å². The third-order valence-corrected chi connectivity index (χ3v) is 1.78. The minimum Gasteiger partial charge on any atom is -0.497 e. The van der Waals surface area contributed by atoms with Gasteiger partial charge in [0.1, 0.15) is 5.75 Å². The molecule has 11 heavy (non-hydrogen) atoms. The van der Waals surface area contributed by atoms with Crippen LogP contribution >= 0.6 is 0 Å². The Bertz CT molecular complexity index is 216. The van der Waals surface area contributed by atoms with Crippen LogP contribution in [0.25, 0.3) is 0 Å². The van der Waals surface area contributed by atoms with Crippen LogP contribution in [0.3, 0.4) is 0 Å². The van der Waals surface area contributed by atoms with Gasteiger partial charge in [0.05, 0.1) is 7.11 Å². The Labute approximate surface area is 68.5 Å². The van der Waals surface area contributed by atoms with E-state index in [1.807, 2.05) is 12.1 Å². The monoisotopic (exact) mass is 148 g/mol. The molecule has 0 saturated heterocycles. The average Bonchev–Trinajstić information content (AvgIpc) is 2.05. The summed E-state index contributed by atoms with van der Waals surface area (Å²) in [5.74, 6) is 0.925. The van der Waals surface area contributed by atoms with E-state index in [0.717, 1.165) is 5.75 Å². The van der Waals surface area contributed by atoms with E-state index in [-0.39, 0.29) is 0 Å². The topological polar surface area (TPSA) is 9.23 Å². The van der Waals surface area contributed by atoms with Crippen molar-refractivity contribution in [3.05, 3.63) is 24.3 Å². The van der Waals surface area contributed by atoms with Gasteiger partial charge in [-0.2, -0.15) is 0 Å². The molecule has 0 aliphatic heterocycles. The highest BCUT2D eigenvalue weighted by atomic mass is 16.5. The van der Waals surface area contributed by atoms with Crippen molar-refractivity contribution < 1.29 is 4.74 Å².